The molecule has 2 heterocycles. The fourth-order valence-corrected chi connectivity index (χ4v) is 7.74. The quantitative estimate of drug-likeness (QED) is 0.656. The van der Waals surface area contributed by atoms with Crippen molar-refractivity contribution in [3.8, 4) is 23.3 Å². The van der Waals surface area contributed by atoms with Crippen LogP contribution in [0.25, 0.3) is 0 Å². The van der Waals surface area contributed by atoms with Gasteiger partial charge in [0, 0.05) is 36.7 Å². The number of likely N-dealkylation sites (tertiary alicyclic amines) is 1. The Morgan fingerprint density at radius 1 is 1.17 bits per heavy atom. The highest BCUT2D eigenvalue weighted by Crippen LogP contribution is 2.66. The molecule has 2 N–H and O–H groups in total. The van der Waals surface area contributed by atoms with Crippen LogP contribution in [0.15, 0.2) is 42.5 Å². The molecule has 0 radical (unpaired) electrons. The first-order valence-corrected chi connectivity index (χ1v) is 13.2. The fraction of sp³-hybridized carbons (Fsp3) is 0.500. The molecule has 0 unspecified atom stereocenters. The summed E-state index contributed by atoms with van der Waals surface area (Å²) in [7, 11) is 1.79. The van der Waals surface area contributed by atoms with Gasteiger partial charge in [-0.2, -0.15) is 0 Å². The Balaban J connectivity index is 1.27. The lowest BCUT2D eigenvalue weighted by Crippen LogP contribution is -2.78. The third-order valence-electron chi connectivity index (χ3n) is 9.64. The number of hydrogen-bond donors (Lipinski definition) is 2. The third-order valence-corrected chi connectivity index (χ3v) is 9.64. The minimum atomic E-state index is -0.951. The molecule has 0 aromatic heterocycles. The molecule has 2 aromatic carbocycles. The van der Waals surface area contributed by atoms with Crippen LogP contribution in [0.2, 0.25) is 0 Å². The molecule has 1 spiro atoms. The Kier molecular flexibility index (Phi) is 4.78. The van der Waals surface area contributed by atoms with Gasteiger partial charge in [0.1, 0.15) is 6.10 Å². The van der Waals surface area contributed by atoms with Crippen LogP contribution in [0.4, 0.5) is 0 Å². The summed E-state index contributed by atoms with van der Waals surface area (Å²) < 4.78 is 6.58. The maximum Gasteiger partial charge on any atom is 0.298 e. The van der Waals surface area contributed by atoms with Crippen LogP contribution in [0.1, 0.15) is 48.8 Å². The van der Waals surface area contributed by atoms with Crippen LogP contribution in [0.5, 0.6) is 11.5 Å². The number of aliphatic hydroxyl groups is 1. The highest BCUT2D eigenvalue weighted by atomic mass is 16.5. The Hall–Kier alpha value is -3.01. The molecule has 1 amide bonds. The van der Waals surface area contributed by atoms with E-state index >= 15 is 0 Å². The van der Waals surface area contributed by atoms with Crippen molar-refractivity contribution < 1.29 is 19.7 Å². The molecule has 186 valence electrons. The van der Waals surface area contributed by atoms with Crippen molar-refractivity contribution in [2.24, 2.45) is 5.92 Å². The third kappa shape index (κ3) is 2.96. The van der Waals surface area contributed by atoms with Gasteiger partial charge in [0.05, 0.1) is 17.1 Å². The average Bonchev–Trinajstić information content (AvgIpc) is 3.63. The number of rotatable bonds is 3. The highest BCUT2D eigenvalue weighted by Gasteiger charge is 2.73. The molecule has 36 heavy (non-hydrogen) atoms. The van der Waals surface area contributed by atoms with Gasteiger partial charge in [-0.1, -0.05) is 30.2 Å². The molecule has 6 nitrogen and oxygen atoms in total. The van der Waals surface area contributed by atoms with Crippen molar-refractivity contribution in [1.82, 2.24) is 9.80 Å². The van der Waals surface area contributed by atoms with E-state index < -0.39 is 17.1 Å². The van der Waals surface area contributed by atoms with Gasteiger partial charge < -0.3 is 19.8 Å². The van der Waals surface area contributed by atoms with Gasteiger partial charge in [-0.3, -0.25) is 9.69 Å². The number of nitrogens with zero attached hydrogens (tertiary/aromatic N) is 2. The van der Waals surface area contributed by atoms with E-state index in [1.165, 1.54) is 18.4 Å². The van der Waals surface area contributed by atoms with Crippen LogP contribution >= 0.6 is 0 Å². The summed E-state index contributed by atoms with van der Waals surface area (Å²) in [6.45, 7) is 1.95. The number of ether oxygens (including phenoxy) is 1. The molecule has 6 heteroatoms. The molecule has 5 aliphatic rings. The summed E-state index contributed by atoms with van der Waals surface area (Å²) in [4.78, 5) is 17.4. The summed E-state index contributed by atoms with van der Waals surface area (Å²) in [5, 5.41) is 23.4. The summed E-state index contributed by atoms with van der Waals surface area (Å²) in [6.07, 6.45) is 4.91. The summed E-state index contributed by atoms with van der Waals surface area (Å²) in [5.41, 5.74) is 1.36. The first kappa shape index (κ1) is 22.2. The average molecular weight is 485 g/mol. The van der Waals surface area contributed by atoms with E-state index in [0.29, 0.717) is 18.6 Å². The fourth-order valence-electron chi connectivity index (χ4n) is 7.74. The van der Waals surface area contributed by atoms with E-state index in [0.717, 1.165) is 43.0 Å². The van der Waals surface area contributed by atoms with Crippen LogP contribution in [-0.2, 0) is 16.6 Å². The topological polar surface area (TPSA) is 73.2 Å². The number of likely N-dealkylation sites (N-methyl/N-ethyl adjacent to an activating group) is 1. The summed E-state index contributed by atoms with van der Waals surface area (Å²) in [5.74, 6) is 6.91. The zero-order valence-corrected chi connectivity index (χ0v) is 20.6. The minimum Gasteiger partial charge on any atom is -0.504 e. The molecule has 1 saturated heterocycles. The number of carbonyl (C=O) groups is 1. The van der Waals surface area contributed by atoms with Crippen molar-refractivity contribution in [3.05, 3.63) is 59.2 Å². The monoisotopic (exact) mass is 484 g/mol. The Morgan fingerprint density at radius 3 is 2.75 bits per heavy atom. The van der Waals surface area contributed by atoms with Crippen LogP contribution in [-0.4, -0.2) is 69.8 Å². The second kappa shape index (κ2) is 7.74. The van der Waals surface area contributed by atoms with Gasteiger partial charge in [-0.05, 0) is 74.8 Å². The van der Waals surface area contributed by atoms with Gasteiger partial charge in [0.25, 0.3) is 5.91 Å². The molecule has 2 bridgehead atoms. The molecule has 3 fully saturated rings. The van der Waals surface area contributed by atoms with Crippen LogP contribution in [0.3, 0.4) is 0 Å². The predicted octanol–water partition coefficient (Wildman–Crippen LogP) is 2.84. The number of piperidine rings is 1. The van der Waals surface area contributed by atoms with E-state index in [1.807, 2.05) is 36.4 Å². The Labute approximate surface area is 211 Å². The van der Waals surface area contributed by atoms with Crippen LogP contribution < -0.4 is 4.74 Å². The van der Waals surface area contributed by atoms with E-state index in [9.17, 15) is 15.0 Å². The lowest BCUT2D eigenvalue weighted by molar-refractivity contribution is -0.199. The molecule has 2 saturated carbocycles. The second-order valence-corrected chi connectivity index (χ2v) is 11.4. The molecule has 2 aromatic rings. The molecule has 5 atom stereocenters. The zero-order valence-electron chi connectivity index (χ0n) is 20.6. The number of hydrogen-bond acceptors (Lipinski definition) is 5. The Morgan fingerprint density at radius 2 is 1.97 bits per heavy atom. The first-order chi connectivity index (χ1) is 17.4. The van der Waals surface area contributed by atoms with Gasteiger partial charge >= 0.3 is 0 Å². The van der Waals surface area contributed by atoms with E-state index in [2.05, 4.69) is 16.7 Å². The predicted molar refractivity (Wildman–Crippen MR) is 135 cm³/mol. The normalized spacial score (nSPS) is 33.7. The van der Waals surface area contributed by atoms with Crippen molar-refractivity contribution >= 4 is 5.91 Å². The number of benzene rings is 2. The smallest absolute Gasteiger partial charge is 0.298 e. The molecule has 2 aliphatic heterocycles. The minimum absolute atomic E-state index is 0.0285. The zero-order chi connectivity index (χ0) is 24.7. The maximum absolute atomic E-state index is 13.2. The standard InChI is InChI=1S/C30H32N2O4/c1-31(25(34)12-9-19-5-3-2-4-6-19)22-13-14-30(35)24-17-21-10-11-23(33)27-26(21)29(30,28(22)36-27)15-16-32(24)18-20-7-8-20/h2-6,10-11,20,22,24,28,33,35H,7-8,13-18H2,1H3/t22-,24+,28-,29-,30+/m0/s1. The molecule has 7 rings (SSSR count). The van der Waals surface area contributed by atoms with Crippen molar-refractivity contribution in [2.75, 3.05) is 20.1 Å². The van der Waals surface area contributed by atoms with E-state index in [4.69, 9.17) is 4.74 Å². The Bertz CT molecular complexity index is 1300. The van der Waals surface area contributed by atoms with Gasteiger partial charge in [0.15, 0.2) is 11.5 Å². The highest BCUT2D eigenvalue weighted by molar-refractivity contribution is 5.94. The molecular formula is C30H32N2O4. The second-order valence-electron chi connectivity index (χ2n) is 11.4. The molecule has 3 aliphatic carbocycles. The number of aromatic hydroxyl groups is 1. The van der Waals surface area contributed by atoms with Gasteiger partial charge in [-0.25, -0.2) is 0 Å². The molecular weight excluding hydrogens is 452 g/mol. The van der Waals surface area contributed by atoms with Crippen molar-refractivity contribution in [3.63, 3.8) is 0 Å². The number of phenolic OH excluding ortho intramolecular Hbond substituents is 1. The number of phenols is 1. The van der Waals surface area contributed by atoms with Crippen molar-refractivity contribution in [1.29, 1.82) is 0 Å². The maximum atomic E-state index is 13.2. The van der Waals surface area contributed by atoms with Gasteiger partial charge in [-0.15, -0.1) is 0 Å². The summed E-state index contributed by atoms with van der Waals surface area (Å²) >= 11 is 0. The first-order valence-electron chi connectivity index (χ1n) is 13.2. The lowest BCUT2D eigenvalue weighted by Gasteiger charge is -2.64. The van der Waals surface area contributed by atoms with Crippen molar-refractivity contribution in [2.45, 2.75) is 67.7 Å². The van der Waals surface area contributed by atoms with Crippen LogP contribution in [0, 0.1) is 17.8 Å². The SMILES string of the molecule is CN(C(=O)C#Cc1ccccc1)[C@H]1CC[C@@]2(O)[C@H]3Cc4ccc(O)c5c4[C@@]2(CCN3CC2CC2)[C@H]1O5. The van der Waals surface area contributed by atoms with E-state index in [1.54, 1.807) is 18.0 Å². The largest absolute Gasteiger partial charge is 0.504 e. The summed E-state index contributed by atoms with van der Waals surface area (Å²) in [6, 6.07) is 13.0. The lowest BCUT2D eigenvalue weighted by atomic mass is 9.48. The van der Waals surface area contributed by atoms with Gasteiger partial charge in [0.2, 0.25) is 0 Å². The number of amides is 1. The number of carbonyl (C=O) groups excluding carboxylic acids is 1. The van der Waals surface area contributed by atoms with E-state index in [-0.39, 0.29) is 23.7 Å².